The van der Waals surface area contributed by atoms with Gasteiger partial charge in [0.25, 0.3) is 5.91 Å². The van der Waals surface area contributed by atoms with Crippen molar-refractivity contribution in [3.05, 3.63) is 62.8 Å². The average Bonchev–Trinajstić information content (AvgIpc) is 2.87. The molecular formula is C18H13Cl2NO4. The Morgan fingerprint density at radius 2 is 2.00 bits per heavy atom. The molecule has 2 aromatic rings. The maximum atomic E-state index is 12.5. The topological polar surface area (TPSA) is 78.6 Å². The Labute approximate surface area is 153 Å². The first kappa shape index (κ1) is 17.3. The minimum Gasteiger partial charge on any atom is -0.483 e. The predicted octanol–water partition coefficient (Wildman–Crippen LogP) is 3.78. The first-order chi connectivity index (χ1) is 11.9. The molecule has 2 N–H and O–H groups in total. The standard InChI is InChI=1S/C18H13Cl2NO4/c1-9-14(24-8-16(21)22)5-3-11-17(23)15(25-18(9)11)7-10-2-4-12(19)13(20)6-10/h2-7H,8H2,1H3,(H2,21,22)/b15-7-. The SMILES string of the molecule is Cc1c(OCC(N)=O)ccc2c1O/C(=C\c1ccc(Cl)c(Cl)c1)C2=O. The molecule has 0 bridgehead atoms. The molecule has 25 heavy (non-hydrogen) atoms. The summed E-state index contributed by atoms with van der Waals surface area (Å²) in [5.74, 6) is 0.172. The number of carbonyl (C=O) groups is 2. The van der Waals surface area contributed by atoms with E-state index in [1.807, 2.05) is 0 Å². The molecular weight excluding hydrogens is 365 g/mol. The molecule has 1 heterocycles. The largest absolute Gasteiger partial charge is 0.483 e. The second-order valence-electron chi connectivity index (χ2n) is 5.43. The molecule has 1 aliphatic heterocycles. The third kappa shape index (κ3) is 3.48. The van der Waals surface area contributed by atoms with E-state index in [9.17, 15) is 9.59 Å². The van der Waals surface area contributed by atoms with Crippen molar-refractivity contribution in [2.45, 2.75) is 6.92 Å². The average molecular weight is 378 g/mol. The number of amides is 1. The highest BCUT2D eigenvalue weighted by molar-refractivity contribution is 6.42. The number of primary amides is 1. The molecule has 0 aromatic heterocycles. The van der Waals surface area contributed by atoms with Crippen molar-refractivity contribution >= 4 is 41.0 Å². The van der Waals surface area contributed by atoms with Crippen LogP contribution in [-0.4, -0.2) is 18.3 Å². The van der Waals surface area contributed by atoms with Crippen LogP contribution < -0.4 is 15.2 Å². The lowest BCUT2D eigenvalue weighted by molar-refractivity contribution is -0.119. The Kier molecular flexibility index (Phi) is 4.70. The van der Waals surface area contributed by atoms with Crippen LogP contribution in [0.15, 0.2) is 36.1 Å². The van der Waals surface area contributed by atoms with Gasteiger partial charge in [0, 0.05) is 5.56 Å². The number of Topliss-reactive ketones (excluding diaryl/α,β-unsaturated/α-hetero) is 1. The Bertz CT molecular complexity index is 922. The molecule has 0 saturated heterocycles. The maximum Gasteiger partial charge on any atom is 0.255 e. The second-order valence-corrected chi connectivity index (χ2v) is 6.25. The van der Waals surface area contributed by atoms with Gasteiger partial charge in [0.15, 0.2) is 12.4 Å². The van der Waals surface area contributed by atoms with E-state index in [-0.39, 0.29) is 18.1 Å². The quantitative estimate of drug-likeness (QED) is 0.822. The van der Waals surface area contributed by atoms with E-state index in [4.69, 9.17) is 38.4 Å². The van der Waals surface area contributed by atoms with Crippen molar-refractivity contribution in [2.75, 3.05) is 6.61 Å². The van der Waals surface area contributed by atoms with E-state index >= 15 is 0 Å². The highest BCUT2D eigenvalue weighted by Crippen LogP contribution is 2.39. The molecule has 2 aromatic carbocycles. The van der Waals surface area contributed by atoms with Crippen LogP contribution in [0, 0.1) is 6.92 Å². The highest BCUT2D eigenvalue weighted by atomic mass is 35.5. The minimum absolute atomic E-state index is 0.170. The number of ketones is 1. The van der Waals surface area contributed by atoms with Crippen LogP contribution in [0.25, 0.3) is 6.08 Å². The first-order valence-electron chi connectivity index (χ1n) is 7.31. The molecule has 0 atom stereocenters. The third-order valence-electron chi connectivity index (χ3n) is 3.65. The Morgan fingerprint density at radius 1 is 1.24 bits per heavy atom. The first-order valence-corrected chi connectivity index (χ1v) is 8.06. The number of hydrogen-bond acceptors (Lipinski definition) is 4. The number of ether oxygens (including phenoxy) is 2. The molecule has 0 unspecified atom stereocenters. The smallest absolute Gasteiger partial charge is 0.255 e. The van der Waals surface area contributed by atoms with Gasteiger partial charge in [-0.3, -0.25) is 9.59 Å². The van der Waals surface area contributed by atoms with Crippen molar-refractivity contribution in [1.82, 2.24) is 0 Å². The molecule has 1 amide bonds. The van der Waals surface area contributed by atoms with Crippen LogP contribution in [0.3, 0.4) is 0 Å². The molecule has 0 fully saturated rings. The fourth-order valence-corrected chi connectivity index (χ4v) is 2.73. The lowest BCUT2D eigenvalue weighted by Gasteiger charge is -2.09. The van der Waals surface area contributed by atoms with Crippen molar-refractivity contribution in [3.63, 3.8) is 0 Å². The number of benzene rings is 2. The molecule has 7 heteroatoms. The van der Waals surface area contributed by atoms with Gasteiger partial charge in [-0.1, -0.05) is 29.3 Å². The molecule has 128 valence electrons. The van der Waals surface area contributed by atoms with Crippen molar-refractivity contribution in [3.8, 4) is 11.5 Å². The number of fused-ring (bicyclic) bond motifs is 1. The van der Waals surface area contributed by atoms with Crippen molar-refractivity contribution in [1.29, 1.82) is 0 Å². The van der Waals surface area contributed by atoms with Gasteiger partial charge in [-0.15, -0.1) is 0 Å². The summed E-state index contributed by atoms with van der Waals surface area (Å²) in [6.45, 7) is 1.49. The van der Waals surface area contributed by atoms with E-state index in [0.29, 0.717) is 38.2 Å². The third-order valence-corrected chi connectivity index (χ3v) is 4.39. The van der Waals surface area contributed by atoms with Crippen LogP contribution in [0.2, 0.25) is 10.0 Å². The summed E-state index contributed by atoms with van der Waals surface area (Å²) >= 11 is 11.9. The normalized spacial score (nSPS) is 14.4. The van der Waals surface area contributed by atoms with E-state index in [2.05, 4.69) is 0 Å². The Morgan fingerprint density at radius 3 is 2.68 bits per heavy atom. The molecule has 3 rings (SSSR count). The van der Waals surface area contributed by atoms with Crippen LogP contribution in [-0.2, 0) is 4.79 Å². The summed E-state index contributed by atoms with van der Waals surface area (Å²) < 4.78 is 11.0. The fraction of sp³-hybridized carbons (Fsp3) is 0.111. The Hall–Kier alpha value is -2.50. The minimum atomic E-state index is -0.586. The van der Waals surface area contributed by atoms with Gasteiger partial charge in [0.05, 0.1) is 15.6 Å². The molecule has 0 radical (unpaired) electrons. The van der Waals surface area contributed by atoms with E-state index in [0.717, 1.165) is 0 Å². The molecule has 0 saturated carbocycles. The van der Waals surface area contributed by atoms with E-state index in [1.165, 1.54) is 0 Å². The van der Waals surface area contributed by atoms with Crippen LogP contribution in [0.1, 0.15) is 21.5 Å². The van der Waals surface area contributed by atoms with Crippen LogP contribution >= 0.6 is 23.2 Å². The summed E-state index contributed by atoms with van der Waals surface area (Å²) in [5.41, 5.74) is 6.81. The molecule has 1 aliphatic rings. The number of rotatable bonds is 4. The van der Waals surface area contributed by atoms with Gasteiger partial charge in [0.2, 0.25) is 5.78 Å². The van der Waals surface area contributed by atoms with Gasteiger partial charge < -0.3 is 15.2 Å². The maximum absolute atomic E-state index is 12.5. The summed E-state index contributed by atoms with van der Waals surface area (Å²) in [6.07, 6.45) is 1.59. The summed E-state index contributed by atoms with van der Waals surface area (Å²) in [6, 6.07) is 8.22. The number of nitrogens with two attached hydrogens (primary N) is 1. The van der Waals surface area contributed by atoms with E-state index < -0.39 is 5.91 Å². The number of carbonyl (C=O) groups excluding carboxylic acids is 2. The zero-order valence-electron chi connectivity index (χ0n) is 13.1. The van der Waals surface area contributed by atoms with Gasteiger partial charge >= 0.3 is 0 Å². The Balaban J connectivity index is 1.92. The fourth-order valence-electron chi connectivity index (χ4n) is 2.43. The zero-order valence-corrected chi connectivity index (χ0v) is 14.6. The predicted molar refractivity (Wildman–Crippen MR) is 95.3 cm³/mol. The summed E-state index contributed by atoms with van der Waals surface area (Å²) in [4.78, 5) is 23.4. The van der Waals surface area contributed by atoms with Gasteiger partial charge in [-0.25, -0.2) is 0 Å². The number of halogens is 2. The van der Waals surface area contributed by atoms with Crippen molar-refractivity contribution in [2.24, 2.45) is 5.73 Å². The summed E-state index contributed by atoms with van der Waals surface area (Å²) in [7, 11) is 0. The lowest BCUT2D eigenvalue weighted by atomic mass is 10.1. The second kappa shape index (κ2) is 6.78. The zero-order chi connectivity index (χ0) is 18.1. The van der Waals surface area contributed by atoms with Gasteiger partial charge in [-0.2, -0.15) is 0 Å². The molecule has 0 aliphatic carbocycles. The van der Waals surface area contributed by atoms with E-state index in [1.54, 1.807) is 43.3 Å². The van der Waals surface area contributed by atoms with Crippen molar-refractivity contribution < 1.29 is 19.1 Å². The van der Waals surface area contributed by atoms with Crippen LogP contribution in [0.5, 0.6) is 11.5 Å². The van der Waals surface area contributed by atoms with Gasteiger partial charge in [0.1, 0.15) is 11.5 Å². The number of allylic oxidation sites excluding steroid dienone is 1. The number of hydrogen-bond donors (Lipinski definition) is 1. The monoisotopic (exact) mass is 377 g/mol. The lowest BCUT2D eigenvalue weighted by Crippen LogP contribution is -2.20. The molecule has 0 spiro atoms. The van der Waals surface area contributed by atoms with Gasteiger partial charge in [-0.05, 0) is 42.8 Å². The highest BCUT2D eigenvalue weighted by Gasteiger charge is 2.30. The molecule has 5 nitrogen and oxygen atoms in total. The van der Waals surface area contributed by atoms with Crippen LogP contribution in [0.4, 0.5) is 0 Å². The summed E-state index contributed by atoms with van der Waals surface area (Å²) in [5, 5.41) is 0.815.